The number of hydrogen-bond acceptors (Lipinski definition) is 3. The van der Waals surface area contributed by atoms with Crippen molar-refractivity contribution in [1.29, 1.82) is 0 Å². The van der Waals surface area contributed by atoms with E-state index in [0.29, 0.717) is 0 Å². The molecule has 2 rings (SSSR count). The van der Waals surface area contributed by atoms with Gasteiger partial charge in [0.15, 0.2) is 11.6 Å². The van der Waals surface area contributed by atoms with Gasteiger partial charge in [-0.15, -0.1) is 0 Å². The molecule has 158 valence electrons. The van der Waals surface area contributed by atoms with Gasteiger partial charge in [0.1, 0.15) is 0 Å². The van der Waals surface area contributed by atoms with Gasteiger partial charge in [-0.05, 0) is 50.5 Å². The summed E-state index contributed by atoms with van der Waals surface area (Å²) in [5.41, 5.74) is 3.22. The highest BCUT2D eigenvalue weighted by Gasteiger charge is 2.19. The molecule has 0 bridgehead atoms. The Labute approximate surface area is 170 Å². The first-order chi connectivity index (χ1) is 13.5. The monoisotopic (exact) mass is 424 g/mol. The zero-order chi connectivity index (χ0) is 21.8. The third-order valence-corrected chi connectivity index (χ3v) is 5.83. The number of halogens is 2. The van der Waals surface area contributed by atoms with Crippen molar-refractivity contribution in [3.05, 3.63) is 64.7 Å². The van der Waals surface area contributed by atoms with Gasteiger partial charge >= 0.3 is 0 Å². The Morgan fingerprint density at radius 2 is 1.79 bits per heavy atom. The van der Waals surface area contributed by atoms with Crippen LogP contribution in [-0.2, 0) is 14.8 Å². The minimum atomic E-state index is -3.71. The van der Waals surface area contributed by atoms with E-state index in [1.807, 2.05) is 39.0 Å². The molecule has 0 aromatic heterocycles. The molecular formula is C21H26F2N2O3S. The quantitative estimate of drug-likeness (QED) is 0.696. The standard InChI is InChI=1S/C21H26F2N2O3S/c1-14-7-8-15(2)18(12-14)16(3)24-21(26)6-5-11-25(29(4,27)28)17-9-10-19(22)20(23)13-17/h7-10,12-13,16H,5-6,11H2,1-4H3,(H,24,26)/t16-/m0/s1. The van der Waals surface area contributed by atoms with Crippen LogP contribution in [0.15, 0.2) is 36.4 Å². The number of carbonyl (C=O) groups excluding carboxylic acids is 1. The summed E-state index contributed by atoms with van der Waals surface area (Å²) < 4.78 is 51.7. The van der Waals surface area contributed by atoms with Gasteiger partial charge in [0.05, 0.1) is 18.0 Å². The first kappa shape index (κ1) is 22.8. The zero-order valence-corrected chi connectivity index (χ0v) is 17.8. The Kier molecular flexibility index (Phi) is 7.35. The molecule has 2 aromatic rings. The van der Waals surface area contributed by atoms with Crippen LogP contribution in [0.4, 0.5) is 14.5 Å². The number of benzene rings is 2. The number of amides is 1. The predicted molar refractivity (Wildman–Crippen MR) is 110 cm³/mol. The van der Waals surface area contributed by atoms with E-state index in [2.05, 4.69) is 5.32 Å². The summed E-state index contributed by atoms with van der Waals surface area (Å²) in [6.45, 7) is 5.83. The van der Waals surface area contributed by atoms with Gasteiger partial charge in [0, 0.05) is 19.0 Å². The number of nitrogens with one attached hydrogen (secondary N) is 1. The van der Waals surface area contributed by atoms with Gasteiger partial charge < -0.3 is 5.32 Å². The summed E-state index contributed by atoms with van der Waals surface area (Å²) in [6, 6.07) is 8.75. The molecule has 0 aliphatic rings. The van der Waals surface area contributed by atoms with Gasteiger partial charge in [-0.2, -0.15) is 0 Å². The lowest BCUT2D eigenvalue weighted by molar-refractivity contribution is -0.121. The Hall–Kier alpha value is -2.48. The molecule has 8 heteroatoms. The lowest BCUT2D eigenvalue weighted by atomic mass is 10.00. The lowest BCUT2D eigenvalue weighted by Crippen LogP contribution is -2.32. The van der Waals surface area contributed by atoms with Crippen LogP contribution < -0.4 is 9.62 Å². The molecule has 0 unspecified atom stereocenters. The molecule has 5 nitrogen and oxygen atoms in total. The first-order valence-corrected chi connectivity index (χ1v) is 11.1. The van der Waals surface area contributed by atoms with Crippen molar-refractivity contribution in [2.75, 3.05) is 17.1 Å². The Balaban J connectivity index is 1.99. The van der Waals surface area contributed by atoms with Gasteiger partial charge in [-0.25, -0.2) is 17.2 Å². The minimum Gasteiger partial charge on any atom is -0.350 e. The molecule has 1 atom stereocenters. The highest BCUT2D eigenvalue weighted by molar-refractivity contribution is 7.92. The fourth-order valence-electron chi connectivity index (χ4n) is 3.13. The van der Waals surface area contributed by atoms with Gasteiger partial charge in [-0.1, -0.05) is 23.8 Å². The summed E-state index contributed by atoms with van der Waals surface area (Å²) in [5.74, 6) is -2.39. The van der Waals surface area contributed by atoms with Crippen LogP contribution in [0.3, 0.4) is 0 Å². The van der Waals surface area contributed by atoms with Crippen molar-refractivity contribution in [2.45, 2.75) is 39.7 Å². The second-order valence-corrected chi connectivity index (χ2v) is 9.09. The summed E-state index contributed by atoms with van der Waals surface area (Å²) in [6.07, 6.45) is 1.32. The zero-order valence-electron chi connectivity index (χ0n) is 17.0. The molecule has 0 aliphatic heterocycles. The van der Waals surface area contributed by atoms with Gasteiger partial charge in [-0.3, -0.25) is 9.10 Å². The molecule has 1 amide bonds. The van der Waals surface area contributed by atoms with Crippen LogP contribution in [0.25, 0.3) is 0 Å². The molecule has 29 heavy (non-hydrogen) atoms. The van der Waals surface area contributed by atoms with Crippen molar-refractivity contribution in [3.8, 4) is 0 Å². The van der Waals surface area contributed by atoms with E-state index < -0.39 is 21.7 Å². The number of carbonyl (C=O) groups is 1. The molecule has 0 radical (unpaired) electrons. The van der Waals surface area contributed by atoms with E-state index in [0.717, 1.165) is 39.4 Å². The van der Waals surface area contributed by atoms with Crippen LogP contribution >= 0.6 is 0 Å². The Morgan fingerprint density at radius 1 is 1.10 bits per heavy atom. The van der Waals surface area contributed by atoms with Gasteiger partial charge in [0.2, 0.25) is 15.9 Å². The number of nitrogens with zero attached hydrogens (tertiary/aromatic N) is 1. The fourth-order valence-corrected chi connectivity index (χ4v) is 4.08. The van der Waals surface area contributed by atoms with Crippen molar-refractivity contribution in [1.82, 2.24) is 5.32 Å². The number of aryl methyl sites for hydroxylation is 2. The molecule has 0 saturated carbocycles. The average molecular weight is 425 g/mol. The summed E-state index contributed by atoms with van der Waals surface area (Å²) in [4.78, 5) is 12.3. The van der Waals surface area contributed by atoms with Crippen LogP contribution in [-0.4, -0.2) is 27.1 Å². The van der Waals surface area contributed by atoms with Crippen molar-refractivity contribution in [3.63, 3.8) is 0 Å². The molecule has 1 N–H and O–H groups in total. The third kappa shape index (κ3) is 6.25. The molecule has 0 fully saturated rings. The average Bonchev–Trinajstić information content (AvgIpc) is 2.62. The normalized spacial score (nSPS) is 12.5. The van der Waals surface area contributed by atoms with Crippen LogP contribution in [0.1, 0.15) is 42.5 Å². The molecule has 0 aliphatic carbocycles. The SMILES string of the molecule is Cc1ccc(C)c([C@H](C)NC(=O)CCCN(c2ccc(F)c(F)c2)S(C)(=O)=O)c1. The second-order valence-electron chi connectivity index (χ2n) is 7.19. The Bertz CT molecular complexity index is 993. The maximum absolute atomic E-state index is 13.5. The summed E-state index contributed by atoms with van der Waals surface area (Å²) in [5, 5.41) is 2.92. The maximum atomic E-state index is 13.5. The third-order valence-electron chi connectivity index (χ3n) is 4.64. The van der Waals surface area contributed by atoms with Crippen molar-refractivity contribution < 1.29 is 22.0 Å². The van der Waals surface area contributed by atoms with E-state index in [4.69, 9.17) is 0 Å². The van der Waals surface area contributed by atoms with Crippen LogP contribution in [0.5, 0.6) is 0 Å². The van der Waals surface area contributed by atoms with E-state index in [9.17, 15) is 22.0 Å². The minimum absolute atomic E-state index is 0.0187. The highest BCUT2D eigenvalue weighted by atomic mass is 32.2. The maximum Gasteiger partial charge on any atom is 0.232 e. The van der Waals surface area contributed by atoms with E-state index >= 15 is 0 Å². The molecule has 0 spiro atoms. The highest BCUT2D eigenvalue weighted by Crippen LogP contribution is 2.22. The number of sulfonamides is 1. The number of anilines is 1. The second kappa shape index (κ2) is 9.35. The van der Waals surface area contributed by atoms with E-state index in [-0.39, 0.29) is 37.0 Å². The summed E-state index contributed by atoms with van der Waals surface area (Å²) in [7, 11) is -3.71. The molecular weight excluding hydrogens is 398 g/mol. The number of rotatable bonds is 8. The van der Waals surface area contributed by atoms with Crippen molar-refractivity contribution >= 4 is 21.6 Å². The first-order valence-electron chi connectivity index (χ1n) is 9.28. The van der Waals surface area contributed by atoms with E-state index in [1.54, 1.807) is 0 Å². The molecule has 0 saturated heterocycles. The van der Waals surface area contributed by atoms with Crippen LogP contribution in [0.2, 0.25) is 0 Å². The van der Waals surface area contributed by atoms with Crippen LogP contribution in [0, 0.1) is 25.5 Å². The Morgan fingerprint density at radius 3 is 2.41 bits per heavy atom. The van der Waals surface area contributed by atoms with Crippen molar-refractivity contribution in [2.24, 2.45) is 0 Å². The predicted octanol–water partition coefficient (Wildman–Crippen LogP) is 4.01. The number of hydrogen-bond donors (Lipinski definition) is 1. The molecule has 2 aromatic carbocycles. The largest absolute Gasteiger partial charge is 0.350 e. The smallest absolute Gasteiger partial charge is 0.232 e. The van der Waals surface area contributed by atoms with E-state index in [1.165, 1.54) is 6.07 Å². The summed E-state index contributed by atoms with van der Waals surface area (Å²) >= 11 is 0. The van der Waals surface area contributed by atoms with Gasteiger partial charge in [0.25, 0.3) is 0 Å². The topological polar surface area (TPSA) is 66.5 Å². The fraction of sp³-hybridized carbons (Fsp3) is 0.381. The lowest BCUT2D eigenvalue weighted by Gasteiger charge is -2.23. The molecule has 0 heterocycles.